The van der Waals surface area contributed by atoms with Gasteiger partial charge in [-0.3, -0.25) is 0 Å². The van der Waals surface area contributed by atoms with Crippen LogP contribution in [0.5, 0.6) is 11.5 Å². The molecule has 0 aliphatic carbocycles. The van der Waals surface area contributed by atoms with Crippen LogP contribution in [0.15, 0.2) is 68.1 Å². The van der Waals surface area contributed by atoms with E-state index >= 15 is 0 Å². The monoisotopic (exact) mass is 370 g/mol. The van der Waals surface area contributed by atoms with Crippen LogP contribution in [-0.4, -0.2) is 22.6 Å². The molecule has 0 aliphatic heterocycles. The van der Waals surface area contributed by atoms with Gasteiger partial charge in [0.25, 0.3) is 0 Å². The van der Waals surface area contributed by atoms with Crippen LogP contribution in [0.2, 0.25) is 0 Å². The van der Waals surface area contributed by atoms with Crippen LogP contribution in [0.25, 0.3) is 0 Å². The predicted molar refractivity (Wildman–Crippen MR) is 93.0 cm³/mol. The summed E-state index contributed by atoms with van der Waals surface area (Å²) in [6, 6.07) is 13.3. The van der Waals surface area contributed by atoms with Crippen molar-refractivity contribution in [2.24, 2.45) is 0 Å². The van der Waals surface area contributed by atoms with E-state index in [1.54, 1.807) is 43.5 Å². The number of hydrogen-bond acceptors (Lipinski definition) is 5. The molecule has 0 radical (unpaired) electrons. The Morgan fingerprint density at radius 3 is 1.91 bits per heavy atom. The zero-order valence-corrected chi connectivity index (χ0v) is 14.9. The van der Waals surface area contributed by atoms with E-state index in [1.165, 1.54) is 19.2 Å². The lowest BCUT2D eigenvalue weighted by atomic mass is 10.3. The lowest BCUT2D eigenvalue weighted by molar-refractivity contribution is 0.414. The molecule has 0 saturated carbocycles. The first-order valence-electron chi connectivity index (χ1n) is 6.53. The maximum Gasteiger partial charge on any atom is 0.201 e. The van der Waals surface area contributed by atoms with Crippen LogP contribution < -0.4 is 9.47 Å². The molecule has 0 aromatic heterocycles. The molecule has 122 valence electrons. The van der Waals surface area contributed by atoms with Gasteiger partial charge in [-0.05, 0) is 48.5 Å². The maximum absolute atomic E-state index is 12.3. The fraction of sp³-hybridized carbons (Fsp3) is 0.125. The van der Waals surface area contributed by atoms with Gasteiger partial charge in [0.2, 0.25) is 9.84 Å². The van der Waals surface area contributed by atoms with Crippen molar-refractivity contribution in [3.8, 4) is 11.5 Å². The van der Waals surface area contributed by atoms with Gasteiger partial charge in [-0.15, -0.1) is 0 Å². The lowest BCUT2D eigenvalue weighted by Gasteiger charge is -2.04. The first-order valence-corrected chi connectivity index (χ1v) is 9.27. The molecule has 0 atom stereocenters. The molecule has 0 aliphatic rings. The van der Waals surface area contributed by atoms with Crippen LogP contribution in [0, 0.1) is 0 Å². The highest BCUT2D eigenvalue weighted by Crippen LogP contribution is 2.32. The number of hydrogen-bond donors (Lipinski definition) is 0. The summed E-state index contributed by atoms with van der Waals surface area (Å²) in [5.41, 5.74) is 0. The minimum atomic E-state index is -3.61. The van der Waals surface area contributed by atoms with E-state index in [-0.39, 0.29) is 9.26 Å². The first kappa shape index (κ1) is 17.7. The maximum atomic E-state index is 12.3. The number of rotatable bonds is 6. The molecule has 0 heterocycles. The number of benzene rings is 2. The van der Waals surface area contributed by atoms with Gasteiger partial charge in [-0.1, -0.05) is 23.4 Å². The van der Waals surface area contributed by atoms with Crippen molar-refractivity contribution in [2.75, 3.05) is 14.2 Å². The van der Waals surface area contributed by atoms with E-state index < -0.39 is 9.84 Å². The largest absolute Gasteiger partial charge is 0.497 e. The molecule has 0 unspecified atom stereocenters. The summed E-state index contributed by atoms with van der Waals surface area (Å²) in [5.74, 6) is 1.31. The van der Waals surface area contributed by atoms with Gasteiger partial charge in [-0.25, -0.2) is 8.42 Å². The van der Waals surface area contributed by atoms with E-state index in [0.717, 1.165) is 27.8 Å². The summed E-state index contributed by atoms with van der Waals surface area (Å²) in [4.78, 5) is 0.976. The summed E-state index contributed by atoms with van der Waals surface area (Å²) in [5, 5.41) is 1.05. The second-order valence-corrected chi connectivity index (χ2v) is 7.96. The quantitative estimate of drug-likeness (QED) is 0.709. The molecule has 4 nitrogen and oxygen atoms in total. The molecule has 0 bridgehead atoms. The summed E-state index contributed by atoms with van der Waals surface area (Å²) >= 11 is 7.23. The molecular formula is C16H15ClO4S2. The van der Waals surface area contributed by atoms with Crippen molar-refractivity contribution in [2.45, 2.75) is 9.79 Å². The Balaban J connectivity index is 2.16. The zero-order chi connectivity index (χ0) is 16.9. The lowest BCUT2D eigenvalue weighted by Crippen LogP contribution is -1.96. The van der Waals surface area contributed by atoms with E-state index in [4.69, 9.17) is 21.1 Å². The van der Waals surface area contributed by atoms with Gasteiger partial charge in [-0.2, -0.15) is 0 Å². The number of methoxy groups -OCH3 is 2. The molecule has 23 heavy (non-hydrogen) atoms. The summed E-state index contributed by atoms with van der Waals surface area (Å²) in [6.45, 7) is 0. The van der Waals surface area contributed by atoms with Gasteiger partial charge >= 0.3 is 0 Å². The minimum Gasteiger partial charge on any atom is -0.497 e. The molecule has 7 heteroatoms. The Kier molecular flexibility index (Phi) is 5.98. The standard InChI is InChI=1S/C16H15ClO4S2/c1-20-12-3-7-14(8-4-12)22-16(17)11-23(18,19)15-9-5-13(21-2)6-10-15/h3-11H,1-2H3/b16-11-. The van der Waals surface area contributed by atoms with Crippen molar-refractivity contribution in [1.29, 1.82) is 0 Å². The molecular weight excluding hydrogens is 356 g/mol. The molecule has 0 saturated heterocycles. The Labute approximate surface area is 145 Å². The van der Waals surface area contributed by atoms with Crippen LogP contribution in [0.4, 0.5) is 0 Å². The average molecular weight is 371 g/mol. The van der Waals surface area contributed by atoms with Gasteiger partial charge in [0, 0.05) is 4.90 Å². The summed E-state index contributed by atoms with van der Waals surface area (Å²) < 4.78 is 34.8. The Hall–Kier alpha value is -1.63. The summed E-state index contributed by atoms with van der Waals surface area (Å²) in [6.07, 6.45) is 0. The normalized spacial score (nSPS) is 12.0. The van der Waals surface area contributed by atoms with E-state index in [0.29, 0.717) is 5.75 Å². The third kappa shape index (κ3) is 4.92. The molecule has 0 amide bonds. The highest BCUT2D eigenvalue weighted by molar-refractivity contribution is 8.05. The summed E-state index contributed by atoms with van der Waals surface area (Å²) in [7, 11) is -0.513. The second kappa shape index (κ2) is 7.77. The highest BCUT2D eigenvalue weighted by atomic mass is 35.5. The number of ether oxygens (including phenoxy) is 2. The average Bonchev–Trinajstić information content (AvgIpc) is 2.55. The van der Waals surface area contributed by atoms with Crippen molar-refractivity contribution < 1.29 is 17.9 Å². The Morgan fingerprint density at radius 1 is 0.957 bits per heavy atom. The van der Waals surface area contributed by atoms with Crippen LogP contribution >= 0.6 is 23.4 Å². The SMILES string of the molecule is COc1ccc(S/C(Cl)=C\S(=O)(=O)c2ccc(OC)cc2)cc1. The van der Waals surface area contributed by atoms with Crippen molar-refractivity contribution in [1.82, 2.24) is 0 Å². The molecule has 0 spiro atoms. The molecule has 2 aromatic rings. The van der Waals surface area contributed by atoms with Crippen molar-refractivity contribution in [3.05, 3.63) is 58.3 Å². The smallest absolute Gasteiger partial charge is 0.201 e. The zero-order valence-electron chi connectivity index (χ0n) is 12.5. The molecule has 0 fully saturated rings. The number of thioether (sulfide) groups is 1. The predicted octanol–water partition coefficient (Wildman–Crippen LogP) is 4.31. The molecule has 2 aromatic carbocycles. The minimum absolute atomic E-state index is 0.158. The second-order valence-electron chi connectivity index (χ2n) is 4.42. The molecule has 0 N–H and O–H groups in total. The van der Waals surface area contributed by atoms with Crippen LogP contribution in [-0.2, 0) is 9.84 Å². The fourth-order valence-electron chi connectivity index (χ4n) is 1.74. The van der Waals surface area contributed by atoms with Gasteiger partial charge in [0.15, 0.2) is 0 Å². The van der Waals surface area contributed by atoms with Gasteiger partial charge in [0.1, 0.15) is 11.5 Å². The first-order chi connectivity index (χ1) is 10.9. The molecule has 2 rings (SSSR count). The number of halogens is 1. The van der Waals surface area contributed by atoms with E-state index in [9.17, 15) is 8.42 Å². The van der Waals surface area contributed by atoms with Crippen LogP contribution in [0.1, 0.15) is 0 Å². The third-order valence-corrected chi connectivity index (χ3v) is 5.83. The fourth-order valence-corrected chi connectivity index (χ4v) is 4.32. The Bertz CT molecular complexity index is 782. The van der Waals surface area contributed by atoms with Crippen LogP contribution in [0.3, 0.4) is 0 Å². The number of sulfone groups is 1. The van der Waals surface area contributed by atoms with Gasteiger partial charge < -0.3 is 9.47 Å². The highest BCUT2D eigenvalue weighted by Gasteiger charge is 2.13. The third-order valence-electron chi connectivity index (χ3n) is 2.91. The van der Waals surface area contributed by atoms with Crippen molar-refractivity contribution >= 4 is 33.2 Å². The van der Waals surface area contributed by atoms with E-state index in [2.05, 4.69) is 0 Å². The van der Waals surface area contributed by atoms with Crippen molar-refractivity contribution in [3.63, 3.8) is 0 Å². The van der Waals surface area contributed by atoms with Gasteiger partial charge in [0.05, 0.1) is 28.9 Å². The topological polar surface area (TPSA) is 52.6 Å². The van der Waals surface area contributed by atoms with E-state index in [1.807, 2.05) is 0 Å². The Morgan fingerprint density at radius 2 is 1.43 bits per heavy atom.